The van der Waals surface area contributed by atoms with Crippen molar-refractivity contribution in [3.05, 3.63) is 63.6 Å². The number of aliphatic hydroxyl groups excluding tert-OH is 1. The van der Waals surface area contributed by atoms with Gasteiger partial charge in [0.05, 0.1) is 11.3 Å². The first-order valence-corrected chi connectivity index (χ1v) is 10.5. The van der Waals surface area contributed by atoms with Gasteiger partial charge in [-0.25, -0.2) is 4.68 Å². The van der Waals surface area contributed by atoms with Crippen LogP contribution in [-0.2, 0) is 13.6 Å². The topological polar surface area (TPSA) is 53.6 Å². The van der Waals surface area contributed by atoms with Crippen molar-refractivity contribution in [2.24, 2.45) is 7.05 Å². The molecule has 1 atom stereocenters. The molecule has 29 heavy (non-hydrogen) atoms. The van der Waals surface area contributed by atoms with Crippen molar-refractivity contribution in [1.82, 2.24) is 19.2 Å². The van der Waals surface area contributed by atoms with Crippen LogP contribution in [0.4, 0.5) is 0 Å². The SMILES string of the molecule is CC(C)=CCN1CCN(Cc2c(C)n(C)n(-c3ccccc3)c2=O)C[C@@H]1CCO. The highest BCUT2D eigenvalue weighted by molar-refractivity contribution is 5.33. The van der Waals surface area contributed by atoms with Crippen LogP contribution in [0.1, 0.15) is 31.5 Å². The normalized spacial score (nSPS) is 18.2. The number of piperazine rings is 1. The standard InChI is InChI=1S/C23H34N4O2/c1-18(2)10-12-26-14-13-25(16-21(26)11-15-28)17-22-19(3)24(4)27(23(22)29)20-8-6-5-7-9-20/h5-10,21,28H,11-17H2,1-4H3/t21-/m0/s1. The summed E-state index contributed by atoms with van der Waals surface area (Å²) in [5.41, 5.74) is 4.12. The fourth-order valence-electron chi connectivity index (χ4n) is 4.09. The summed E-state index contributed by atoms with van der Waals surface area (Å²) in [7, 11) is 1.94. The molecule has 1 aromatic carbocycles. The van der Waals surface area contributed by atoms with Gasteiger partial charge in [-0.15, -0.1) is 0 Å². The van der Waals surface area contributed by atoms with E-state index in [1.807, 2.05) is 49.0 Å². The van der Waals surface area contributed by atoms with Gasteiger partial charge in [0, 0.05) is 58.1 Å². The van der Waals surface area contributed by atoms with E-state index in [2.05, 4.69) is 29.7 Å². The molecule has 0 aliphatic carbocycles. The Kier molecular flexibility index (Phi) is 7.11. The van der Waals surface area contributed by atoms with Crippen molar-refractivity contribution in [2.75, 3.05) is 32.8 Å². The lowest BCUT2D eigenvalue weighted by Crippen LogP contribution is -2.53. The third kappa shape index (κ3) is 4.89. The Balaban J connectivity index is 1.79. The largest absolute Gasteiger partial charge is 0.396 e. The van der Waals surface area contributed by atoms with E-state index >= 15 is 0 Å². The summed E-state index contributed by atoms with van der Waals surface area (Å²) in [6, 6.07) is 10.1. The first kappa shape index (κ1) is 21.6. The maximum Gasteiger partial charge on any atom is 0.276 e. The van der Waals surface area contributed by atoms with Gasteiger partial charge in [-0.1, -0.05) is 29.8 Å². The molecule has 1 saturated heterocycles. The Bertz CT molecular complexity index is 894. The van der Waals surface area contributed by atoms with Crippen LogP contribution in [0.5, 0.6) is 0 Å². The van der Waals surface area contributed by atoms with Gasteiger partial charge in [-0.2, -0.15) is 0 Å². The molecule has 2 aromatic rings. The Morgan fingerprint density at radius 1 is 1.21 bits per heavy atom. The molecular weight excluding hydrogens is 364 g/mol. The molecule has 6 heteroatoms. The molecule has 3 rings (SSSR count). The van der Waals surface area contributed by atoms with Crippen LogP contribution in [0.3, 0.4) is 0 Å². The second kappa shape index (κ2) is 9.57. The highest BCUT2D eigenvalue weighted by Crippen LogP contribution is 2.17. The maximum absolute atomic E-state index is 13.2. The highest BCUT2D eigenvalue weighted by atomic mass is 16.3. The van der Waals surface area contributed by atoms with Crippen LogP contribution in [0.2, 0.25) is 0 Å². The molecule has 0 amide bonds. The smallest absolute Gasteiger partial charge is 0.276 e. The Labute approximate surface area is 173 Å². The summed E-state index contributed by atoms with van der Waals surface area (Å²) in [5.74, 6) is 0. The lowest BCUT2D eigenvalue weighted by Gasteiger charge is -2.41. The van der Waals surface area contributed by atoms with Crippen molar-refractivity contribution in [3.63, 3.8) is 0 Å². The van der Waals surface area contributed by atoms with Gasteiger partial charge in [-0.05, 0) is 39.3 Å². The summed E-state index contributed by atoms with van der Waals surface area (Å²) in [6.45, 7) is 10.8. The van der Waals surface area contributed by atoms with Crippen LogP contribution >= 0.6 is 0 Å². The van der Waals surface area contributed by atoms with Gasteiger partial charge in [0.15, 0.2) is 0 Å². The third-order valence-corrected chi connectivity index (χ3v) is 5.94. The van der Waals surface area contributed by atoms with Gasteiger partial charge in [0.1, 0.15) is 0 Å². The first-order chi connectivity index (χ1) is 13.9. The number of aliphatic hydroxyl groups is 1. The second-order valence-electron chi connectivity index (χ2n) is 8.22. The molecular formula is C23H34N4O2. The number of hydrogen-bond acceptors (Lipinski definition) is 4. The minimum Gasteiger partial charge on any atom is -0.396 e. The second-order valence-corrected chi connectivity index (χ2v) is 8.22. The zero-order valence-corrected chi connectivity index (χ0v) is 18.1. The Morgan fingerprint density at radius 3 is 2.59 bits per heavy atom. The number of para-hydroxylation sites is 1. The van der Waals surface area contributed by atoms with Gasteiger partial charge >= 0.3 is 0 Å². The summed E-state index contributed by atoms with van der Waals surface area (Å²) in [5, 5.41) is 9.53. The maximum atomic E-state index is 13.2. The zero-order chi connectivity index (χ0) is 21.0. The lowest BCUT2D eigenvalue weighted by molar-refractivity contribution is 0.0634. The van der Waals surface area contributed by atoms with Crippen molar-refractivity contribution in [2.45, 2.75) is 39.8 Å². The minimum absolute atomic E-state index is 0.0573. The van der Waals surface area contributed by atoms with Crippen molar-refractivity contribution < 1.29 is 5.11 Å². The zero-order valence-electron chi connectivity index (χ0n) is 18.1. The average molecular weight is 399 g/mol. The van der Waals surface area contributed by atoms with Gasteiger partial charge in [0.25, 0.3) is 5.56 Å². The van der Waals surface area contributed by atoms with E-state index in [-0.39, 0.29) is 12.2 Å². The fraction of sp³-hybridized carbons (Fsp3) is 0.522. The molecule has 6 nitrogen and oxygen atoms in total. The monoisotopic (exact) mass is 398 g/mol. The quantitative estimate of drug-likeness (QED) is 0.728. The number of benzene rings is 1. The first-order valence-electron chi connectivity index (χ1n) is 10.5. The van der Waals surface area contributed by atoms with Crippen molar-refractivity contribution in [1.29, 1.82) is 0 Å². The van der Waals surface area contributed by atoms with Crippen molar-refractivity contribution >= 4 is 0 Å². The van der Waals surface area contributed by atoms with E-state index in [0.717, 1.165) is 49.5 Å². The highest BCUT2D eigenvalue weighted by Gasteiger charge is 2.27. The minimum atomic E-state index is 0.0573. The molecule has 0 bridgehead atoms. The average Bonchev–Trinajstić information content (AvgIpc) is 2.91. The van der Waals surface area contributed by atoms with Crippen LogP contribution in [0.25, 0.3) is 5.69 Å². The van der Waals surface area contributed by atoms with Crippen molar-refractivity contribution in [3.8, 4) is 5.69 Å². The molecule has 0 saturated carbocycles. The molecule has 1 aromatic heterocycles. The van der Waals surface area contributed by atoms with Gasteiger partial charge in [0.2, 0.25) is 0 Å². The lowest BCUT2D eigenvalue weighted by atomic mass is 10.1. The van der Waals surface area contributed by atoms with Gasteiger partial charge < -0.3 is 5.11 Å². The van der Waals surface area contributed by atoms with E-state index in [0.29, 0.717) is 12.6 Å². The fourth-order valence-corrected chi connectivity index (χ4v) is 4.09. The molecule has 2 heterocycles. The summed E-state index contributed by atoms with van der Waals surface area (Å²) >= 11 is 0. The summed E-state index contributed by atoms with van der Waals surface area (Å²) < 4.78 is 3.70. The summed E-state index contributed by atoms with van der Waals surface area (Å²) in [6.07, 6.45) is 3.01. The molecule has 1 aliphatic heterocycles. The molecule has 1 N–H and O–H groups in total. The third-order valence-electron chi connectivity index (χ3n) is 5.94. The molecule has 0 radical (unpaired) electrons. The Hall–Kier alpha value is -2.15. The van der Waals surface area contributed by atoms with Crippen LogP contribution in [0, 0.1) is 6.92 Å². The van der Waals surface area contributed by atoms with Crippen LogP contribution < -0.4 is 5.56 Å². The van der Waals surface area contributed by atoms with E-state index in [1.165, 1.54) is 5.57 Å². The van der Waals surface area contributed by atoms with Gasteiger partial charge in [-0.3, -0.25) is 19.3 Å². The van der Waals surface area contributed by atoms with Crippen LogP contribution in [-0.4, -0.2) is 63.1 Å². The number of hydrogen-bond donors (Lipinski definition) is 1. The van der Waals surface area contributed by atoms with E-state index in [4.69, 9.17) is 0 Å². The predicted molar refractivity (Wildman–Crippen MR) is 118 cm³/mol. The number of nitrogens with zero attached hydrogens (tertiary/aromatic N) is 4. The molecule has 158 valence electrons. The molecule has 1 aliphatic rings. The number of rotatable bonds is 7. The Morgan fingerprint density at radius 2 is 1.93 bits per heavy atom. The molecule has 0 spiro atoms. The van der Waals surface area contributed by atoms with E-state index in [9.17, 15) is 9.90 Å². The predicted octanol–water partition coefficient (Wildman–Crippen LogP) is 2.32. The van der Waals surface area contributed by atoms with Crippen LogP contribution in [0.15, 0.2) is 46.8 Å². The number of aromatic nitrogens is 2. The van der Waals surface area contributed by atoms with E-state index in [1.54, 1.807) is 4.68 Å². The van der Waals surface area contributed by atoms with E-state index < -0.39 is 0 Å². The summed E-state index contributed by atoms with van der Waals surface area (Å²) in [4.78, 5) is 18.0. The molecule has 0 unspecified atom stereocenters. The number of allylic oxidation sites excluding steroid dienone is 1. The molecule has 1 fully saturated rings.